The van der Waals surface area contributed by atoms with Gasteiger partial charge in [0.25, 0.3) is 0 Å². The highest BCUT2D eigenvalue weighted by Gasteiger charge is 2.27. The van der Waals surface area contributed by atoms with Gasteiger partial charge < -0.3 is 22.1 Å². The number of aryl methyl sites for hydroxylation is 4. The maximum absolute atomic E-state index is 7.27. The van der Waals surface area contributed by atoms with Crippen molar-refractivity contribution in [3.05, 3.63) is 225 Å². The van der Waals surface area contributed by atoms with Crippen molar-refractivity contribution in [2.75, 3.05) is 22.1 Å². The fraction of sp³-hybridized carbons (Fsp3) is 0.212. The molecule has 0 bridgehead atoms. The van der Waals surface area contributed by atoms with Crippen molar-refractivity contribution < 1.29 is 0 Å². The quantitative estimate of drug-likeness (QED) is 0.0977. The van der Waals surface area contributed by atoms with Crippen LogP contribution in [0, 0.1) is 27.7 Å². The van der Waals surface area contributed by atoms with E-state index in [4.69, 9.17) is 11.5 Å². The Morgan fingerprint density at radius 1 is 0.343 bits per heavy atom. The fourth-order valence-corrected chi connectivity index (χ4v) is 11.7. The summed E-state index contributed by atoms with van der Waals surface area (Å²) in [4.78, 5) is 0. The zero-order valence-corrected chi connectivity index (χ0v) is 41.8. The van der Waals surface area contributed by atoms with Crippen molar-refractivity contribution in [1.82, 2.24) is 0 Å². The summed E-state index contributed by atoms with van der Waals surface area (Å²) >= 11 is 0. The van der Waals surface area contributed by atoms with E-state index < -0.39 is 0 Å². The first-order chi connectivity index (χ1) is 34.1. The highest BCUT2D eigenvalue weighted by Crippen LogP contribution is 2.51. The largest absolute Gasteiger partial charge is 0.398 e. The molecule has 10 rings (SSSR count). The molecule has 0 heterocycles. The number of hydrogen-bond donors (Lipinski definition) is 4. The molecular formula is C66H66N4. The van der Waals surface area contributed by atoms with Gasteiger partial charge in [0, 0.05) is 50.8 Å². The van der Waals surface area contributed by atoms with Crippen LogP contribution in [0.3, 0.4) is 0 Å². The molecule has 0 saturated heterocycles. The van der Waals surface area contributed by atoms with Crippen LogP contribution in [0.25, 0.3) is 50.1 Å². The summed E-state index contributed by atoms with van der Waals surface area (Å²) in [6.45, 7) is 13.4. The van der Waals surface area contributed by atoms with Crippen LogP contribution in [0.15, 0.2) is 197 Å². The van der Waals surface area contributed by atoms with E-state index in [1.54, 1.807) is 0 Å². The van der Waals surface area contributed by atoms with Crippen LogP contribution in [0.4, 0.5) is 28.4 Å². The van der Waals surface area contributed by atoms with E-state index in [0.717, 1.165) is 113 Å². The summed E-state index contributed by atoms with van der Waals surface area (Å²) in [5, 5.41) is 8.06. The number of hydrogen-bond acceptors (Lipinski definition) is 4. The Morgan fingerprint density at radius 2 is 0.757 bits per heavy atom. The molecule has 6 aromatic rings. The maximum Gasteiger partial charge on any atom is 0.0485 e. The van der Waals surface area contributed by atoms with E-state index in [9.17, 15) is 0 Å². The van der Waals surface area contributed by atoms with Gasteiger partial charge in [0.1, 0.15) is 0 Å². The Kier molecular flexibility index (Phi) is 13.1. The van der Waals surface area contributed by atoms with Crippen LogP contribution < -0.4 is 22.1 Å². The molecule has 0 saturated carbocycles. The molecule has 4 nitrogen and oxygen atoms in total. The minimum Gasteiger partial charge on any atom is -0.398 e. The lowest BCUT2D eigenvalue weighted by Gasteiger charge is -2.27. The number of nitrogen functional groups attached to an aromatic ring is 2. The summed E-state index contributed by atoms with van der Waals surface area (Å²) in [6.07, 6.45) is 26.9. The Labute approximate surface area is 416 Å². The lowest BCUT2D eigenvalue weighted by atomic mass is 9.78. The van der Waals surface area contributed by atoms with Crippen molar-refractivity contribution in [2.45, 2.75) is 92.9 Å². The van der Waals surface area contributed by atoms with Gasteiger partial charge in [-0.15, -0.1) is 0 Å². The molecule has 0 spiro atoms. The van der Waals surface area contributed by atoms with Gasteiger partial charge in [0.05, 0.1) is 0 Å². The first-order valence-electron chi connectivity index (χ1n) is 25.3. The molecule has 0 unspecified atom stereocenters. The Morgan fingerprint density at radius 3 is 1.39 bits per heavy atom. The van der Waals surface area contributed by atoms with Gasteiger partial charge in [-0.3, -0.25) is 0 Å². The molecular weight excluding hydrogens is 849 g/mol. The summed E-state index contributed by atoms with van der Waals surface area (Å²) in [7, 11) is 0. The molecule has 4 heteroatoms. The Hall–Kier alpha value is -7.56. The zero-order valence-electron chi connectivity index (χ0n) is 41.8. The van der Waals surface area contributed by atoms with E-state index >= 15 is 0 Å². The minimum absolute atomic E-state index is 0.699. The summed E-state index contributed by atoms with van der Waals surface area (Å²) in [5.74, 6) is 0. The van der Waals surface area contributed by atoms with Gasteiger partial charge in [-0.1, -0.05) is 121 Å². The topological polar surface area (TPSA) is 76.1 Å². The van der Waals surface area contributed by atoms with Gasteiger partial charge in [0.15, 0.2) is 0 Å². The smallest absolute Gasteiger partial charge is 0.0485 e. The molecule has 0 fully saturated rings. The molecule has 70 heavy (non-hydrogen) atoms. The van der Waals surface area contributed by atoms with Crippen LogP contribution >= 0.6 is 0 Å². The maximum atomic E-state index is 7.27. The number of rotatable bonds is 11. The minimum atomic E-state index is 0.699. The predicted molar refractivity (Wildman–Crippen MR) is 302 cm³/mol. The van der Waals surface area contributed by atoms with Gasteiger partial charge >= 0.3 is 0 Å². The van der Waals surface area contributed by atoms with Gasteiger partial charge in [0.2, 0.25) is 0 Å². The third-order valence-corrected chi connectivity index (χ3v) is 15.0. The number of nitrogens with one attached hydrogen (secondary N) is 2. The SMILES string of the molecule is CC1=C(C2=C(Nc3cccc(Nc4cccc(N)c4-c4c(C)cccc4-c4cccc(N)c4-c4c(C)cccc4C4=C(C5=C(C)C=CCC5)CCC=C4)c3-c3c(C)cccc3C)C=CCC2)CCC=C1. The van der Waals surface area contributed by atoms with Crippen LogP contribution in [0.2, 0.25) is 0 Å². The molecule has 4 aliphatic carbocycles. The van der Waals surface area contributed by atoms with E-state index in [2.05, 4.69) is 204 Å². The number of allylic oxidation sites excluding steroid dienone is 15. The average molecular weight is 915 g/mol. The highest BCUT2D eigenvalue weighted by molar-refractivity contribution is 6.05. The summed E-state index contributed by atoms with van der Waals surface area (Å²) in [5.41, 5.74) is 44.7. The first kappa shape index (κ1) is 46.2. The van der Waals surface area contributed by atoms with Gasteiger partial charge in [-0.05, 0) is 224 Å². The molecule has 0 aliphatic heterocycles. The number of benzene rings is 6. The lowest BCUT2D eigenvalue weighted by Crippen LogP contribution is -2.10. The summed E-state index contributed by atoms with van der Waals surface area (Å²) < 4.78 is 0. The fourth-order valence-electron chi connectivity index (χ4n) is 11.7. The zero-order chi connectivity index (χ0) is 48.5. The standard InChI is InChI=1S/C66H66N4/c1-41-21-7-9-27-47(41)49-29-11-12-30-50(49)52-32-16-25-45(5)62(52)64-54(34-18-35-55(64)67)53-33-17-26-46(6)63(53)65-56(68)36-19-38-58(65)70-60-40-20-39-59(66(60)61-43(3)23-15-24-44(61)4)69-57-37-14-13-31-51(57)48-28-10-8-22-42(48)2/h7-8,12,14-26,30,32-40,69-70H,9-11,13,27-29,31,67-68H2,1-6H3. The Balaban J connectivity index is 1.14. The van der Waals surface area contributed by atoms with E-state index in [1.165, 1.54) is 78.1 Å². The van der Waals surface area contributed by atoms with Crippen LogP contribution in [0.1, 0.15) is 93.0 Å². The van der Waals surface area contributed by atoms with E-state index in [0.29, 0.717) is 5.69 Å². The van der Waals surface area contributed by atoms with Crippen LogP contribution in [-0.4, -0.2) is 0 Å². The lowest BCUT2D eigenvalue weighted by molar-refractivity contribution is 0.873. The molecule has 0 atom stereocenters. The van der Waals surface area contributed by atoms with Gasteiger partial charge in [-0.25, -0.2) is 0 Å². The molecule has 350 valence electrons. The summed E-state index contributed by atoms with van der Waals surface area (Å²) in [6, 6.07) is 39.2. The third-order valence-electron chi connectivity index (χ3n) is 15.0. The van der Waals surface area contributed by atoms with Gasteiger partial charge in [-0.2, -0.15) is 0 Å². The molecule has 6 N–H and O–H groups in total. The molecule has 4 aliphatic rings. The molecule has 0 radical (unpaired) electrons. The predicted octanol–water partition coefficient (Wildman–Crippen LogP) is 17.9. The molecule has 0 amide bonds. The molecule has 6 aromatic carbocycles. The second kappa shape index (κ2) is 19.8. The Bertz CT molecular complexity index is 3320. The monoisotopic (exact) mass is 915 g/mol. The van der Waals surface area contributed by atoms with Crippen molar-refractivity contribution in [3.63, 3.8) is 0 Å². The third kappa shape index (κ3) is 8.73. The number of anilines is 5. The van der Waals surface area contributed by atoms with Crippen LogP contribution in [0.5, 0.6) is 0 Å². The first-order valence-corrected chi connectivity index (χ1v) is 25.3. The van der Waals surface area contributed by atoms with E-state index in [1.807, 2.05) is 6.07 Å². The van der Waals surface area contributed by atoms with E-state index in [-0.39, 0.29) is 0 Å². The van der Waals surface area contributed by atoms with Crippen molar-refractivity contribution in [1.29, 1.82) is 0 Å². The van der Waals surface area contributed by atoms with Crippen molar-refractivity contribution in [2.24, 2.45) is 0 Å². The van der Waals surface area contributed by atoms with Crippen molar-refractivity contribution >= 4 is 34.0 Å². The highest BCUT2D eigenvalue weighted by atomic mass is 14.9. The normalized spacial score (nSPS) is 15.9. The second-order valence-corrected chi connectivity index (χ2v) is 19.7. The molecule has 0 aromatic heterocycles. The number of nitrogens with two attached hydrogens (primary N) is 2. The second-order valence-electron chi connectivity index (χ2n) is 19.7. The van der Waals surface area contributed by atoms with Crippen molar-refractivity contribution in [3.8, 4) is 44.5 Å². The van der Waals surface area contributed by atoms with Crippen LogP contribution in [-0.2, 0) is 0 Å². The average Bonchev–Trinajstić information content (AvgIpc) is 3.35.